The Hall–Kier alpha value is -2.30. The van der Waals surface area contributed by atoms with E-state index < -0.39 is 0 Å². The Kier molecular flexibility index (Phi) is 4.60. The Morgan fingerprint density at radius 3 is 2.71 bits per heavy atom. The molecule has 5 nitrogen and oxygen atoms in total. The van der Waals surface area contributed by atoms with Crippen molar-refractivity contribution in [1.82, 2.24) is 14.5 Å². The van der Waals surface area contributed by atoms with Gasteiger partial charge in [0.2, 0.25) is 0 Å². The minimum atomic E-state index is 0.492. The summed E-state index contributed by atoms with van der Waals surface area (Å²) in [6, 6.07) is 5.96. The SMILES string of the molecule is CCCCc1nc2c(N)nc3cc(OC)ccc3c2n1CC(C)C. The Morgan fingerprint density at radius 2 is 2.04 bits per heavy atom. The molecule has 3 rings (SSSR count). The smallest absolute Gasteiger partial charge is 0.152 e. The van der Waals surface area contributed by atoms with Crippen LogP contribution < -0.4 is 10.5 Å². The molecule has 0 amide bonds. The molecule has 2 heterocycles. The van der Waals surface area contributed by atoms with E-state index in [0.717, 1.165) is 59.3 Å². The van der Waals surface area contributed by atoms with Crippen molar-refractivity contribution >= 4 is 27.8 Å². The third-order valence-corrected chi connectivity index (χ3v) is 4.29. The van der Waals surface area contributed by atoms with Crippen LogP contribution in [0.3, 0.4) is 0 Å². The quantitative estimate of drug-likeness (QED) is 0.738. The van der Waals surface area contributed by atoms with Crippen LogP contribution in [0.2, 0.25) is 0 Å². The topological polar surface area (TPSA) is 66.0 Å². The molecule has 0 fully saturated rings. The van der Waals surface area contributed by atoms with Crippen molar-refractivity contribution in [3.8, 4) is 5.75 Å². The molecule has 0 saturated heterocycles. The van der Waals surface area contributed by atoms with E-state index in [0.29, 0.717) is 11.7 Å². The summed E-state index contributed by atoms with van der Waals surface area (Å²) in [6.07, 6.45) is 3.24. The van der Waals surface area contributed by atoms with E-state index >= 15 is 0 Å². The zero-order valence-electron chi connectivity index (χ0n) is 15.0. The lowest BCUT2D eigenvalue weighted by Crippen LogP contribution is -2.09. The first-order chi connectivity index (χ1) is 11.5. The number of aromatic nitrogens is 3. The van der Waals surface area contributed by atoms with Crippen molar-refractivity contribution in [3.63, 3.8) is 0 Å². The number of imidazole rings is 1. The van der Waals surface area contributed by atoms with Crippen LogP contribution in [0.5, 0.6) is 5.75 Å². The number of ether oxygens (including phenoxy) is 1. The summed E-state index contributed by atoms with van der Waals surface area (Å²) in [5.74, 6) is 2.92. The molecule has 2 N–H and O–H groups in total. The number of nitrogens with zero attached hydrogens (tertiary/aromatic N) is 3. The number of fused-ring (bicyclic) bond motifs is 3. The number of pyridine rings is 1. The van der Waals surface area contributed by atoms with Crippen molar-refractivity contribution in [2.75, 3.05) is 12.8 Å². The van der Waals surface area contributed by atoms with E-state index in [9.17, 15) is 0 Å². The molecule has 0 radical (unpaired) electrons. The van der Waals surface area contributed by atoms with Crippen molar-refractivity contribution in [3.05, 3.63) is 24.0 Å². The van der Waals surface area contributed by atoms with Gasteiger partial charge in [0.25, 0.3) is 0 Å². The molecule has 0 aliphatic carbocycles. The second-order valence-electron chi connectivity index (χ2n) is 6.71. The van der Waals surface area contributed by atoms with Gasteiger partial charge in [-0.05, 0) is 24.5 Å². The van der Waals surface area contributed by atoms with Crippen molar-refractivity contribution in [2.45, 2.75) is 46.6 Å². The number of aryl methyl sites for hydroxylation is 1. The average molecular weight is 326 g/mol. The Morgan fingerprint density at radius 1 is 1.25 bits per heavy atom. The maximum Gasteiger partial charge on any atom is 0.152 e. The molecular weight excluding hydrogens is 300 g/mol. The molecule has 0 saturated carbocycles. The van der Waals surface area contributed by atoms with E-state index in [1.54, 1.807) is 7.11 Å². The maximum atomic E-state index is 6.23. The van der Waals surface area contributed by atoms with Gasteiger partial charge in [0.05, 0.1) is 18.1 Å². The highest BCUT2D eigenvalue weighted by molar-refractivity contribution is 6.06. The predicted octanol–water partition coefficient (Wildman–Crippen LogP) is 4.17. The number of hydrogen-bond donors (Lipinski definition) is 1. The normalized spacial score (nSPS) is 11.7. The molecule has 2 aromatic heterocycles. The fourth-order valence-corrected chi connectivity index (χ4v) is 3.15. The first-order valence-corrected chi connectivity index (χ1v) is 8.67. The molecule has 0 aliphatic heterocycles. The number of benzene rings is 1. The molecule has 128 valence electrons. The van der Waals surface area contributed by atoms with Crippen LogP contribution in [0.4, 0.5) is 5.82 Å². The van der Waals surface area contributed by atoms with E-state index in [1.165, 1.54) is 0 Å². The summed E-state index contributed by atoms with van der Waals surface area (Å²) in [6.45, 7) is 7.59. The standard InChI is InChI=1S/C19H26N4O/c1-5-6-7-16-22-17-18(23(16)11-12(2)3)14-9-8-13(24-4)10-15(14)21-19(17)20/h8-10,12H,5-7,11H2,1-4H3,(H2,20,21). The highest BCUT2D eigenvalue weighted by Gasteiger charge is 2.18. The van der Waals surface area contributed by atoms with E-state index in [1.807, 2.05) is 12.1 Å². The van der Waals surface area contributed by atoms with E-state index in [4.69, 9.17) is 15.5 Å². The molecule has 0 unspecified atom stereocenters. The van der Waals surface area contributed by atoms with Crippen LogP contribution in [0, 0.1) is 5.92 Å². The second kappa shape index (κ2) is 6.67. The fraction of sp³-hybridized carbons (Fsp3) is 0.474. The lowest BCUT2D eigenvalue weighted by atomic mass is 10.1. The number of rotatable bonds is 6. The van der Waals surface area contributed by atoms with Crippen LogP contribution in [0.15, 0.2) is 18.2 Å². The summed E-state index contributed by atoms with van der Waals surface area (Å²) < 4.78 is 7.66. The molecule has 5 heteroatoms. The summed E-state index contributed by atoms with van der Waals surface area (Å²) in [7, 11) is 1.66. The molecule has 0 atom stereocenters. The Balaban J connectivity index is 2.31. The highest BCUT2D eigenvalue weighted by atomic mass is 16.5. The monoisotopic (exact) mass is 326 g/mol. The average Bonchev–Trinajstić information content (AvgIpc) is 2.91. The van der Waals surface area contributed by atoms with Gasteiger partial charge in [0, 0.05) is 24.4 Å². The van der Waals surface area contributed by atoms with Crippen LogP contribution in [-0.4, -0.2) is 21.6 Å². The number of hydrogen-bond acceptors (Lipinski definition) is 4. The molecule has 1 aromatic carbocycles. The minimum absolute atomic E-state index is 0.492. The van der Waals surface area contributed by atoms with Crippen molar-refractivity contribution < 1.29 is 4.74 Å². The maximum absolute atomic E-state index is 6.23. The molecule has 24 heavy (non-hydrogen) atoms. The zero-order valence-corrected chi connectivity index (χ0v) is 15.0. The van der Waals surface area contributed by atoms with Gasteiger partial charge in [0.1, 0.15) is 17.1 Å². The number of nitrogen functional groups attached to an aromatic ring is 1. The van der Waals surface area contributed by atoms with Crippen molar-refractivity contribution in [1.29, 1.82) is 0 Å². The van der Waals surface area contributed by atoms with Crippen LogP contribution in [-0.2, 0) is 13.0 Å². The summed E-state index contributed by atoms with van der Waals surface area (Å²) >= 11 is 0. The summed E-state index contributed by atoms with van der Waals surface area (Å²) in [5, 5.41) is 1.08. The van der Waals surface area contributed by atoms with Gasteiger partial charge in [-0.15, -0.1) is 0 Å². The van der Waals surface area contributed by atoms with Gasteiger partial charge in [-0.25, -0.2) is 9.97 Å². The minimum Gasteiger partial charge on any atom is -0.497 e. The predicted molar refractivity (Wildman–Crippen MR) is 99.4 cm³/mol. The van der Waals surface area contributed by atoms with Gasteiger partial charge >= 0.3 is 0 Å². The third-order valence-electron chi connectivity index (χ3n) is 4.29. The number of unbranched alkanes of at least 4 members (excludes halogenated alkanes) is 1. The van der Waals surface area contributed by atoms with Crippen LogP contribution >= 0.6 is 0 Å². The largest absolute Gasteiger partial charge is 0.497 e. The number of nitrogens with two attached hydrogens (primary N) is 1. The van der Waals surface area contributed by atoms with Gasteiger partial charge in [-0.1, -0.05) is 27.2 Å². The molecule has 0 spiro atoms. The van der Waals surface area contributed by atoms with Gasteiger partial charge in [0.15, 0.2) is 5.82 Å². The molecule has 0 bridgehead atoms. The number of anilines is 1. The Bertz CT molecular complexity index is 867. The zero-order chi connectivity index (χ0) is 17.3. The van der Waals surface area contributed by atoms with Crippen LogP contribution in [0.1, 0.15) is 39.4 Å². The van der Waals surface area contributed by atoms with E-state index in [-0.39, 0.29) is 0 Å². The fourth-order valence-electron chi connectivity index (χ4n) is 3.15. The molecular formula is C19H26N4O. The summed E-state index contributed by atoms with van der Waals surface area (Å²) in [4.78, 5) is 9.39. The first-order valence-electron chi connectivity index (χ1n) is 8.67. The molecule has 3 aromatic rings. The van der Waals surface area contributed by atoms with Gasteiger partial charge in [-0.2, -0.15) is 0 Å². The lowest BCUT2D eigenvalue weighted by molar-refractivity contribution is 0.415. The third kappa shape index (κ3) is 2.90. The van der Waals surface area contributed by atoms with Crippen molar-refractivity contribution in [2.24, 2.45) is 5.92 Å². The number of methoxy groups -OCH3 is 1. The van der Waals surface area contributed by atoms with Gasteiger partial charge in [-0.3, -0.25) is 0 Å². The van der Waals surface area contributed by atoms with Gasteiger partial charge < -0.3 is 15.0 Å². The lowest BCUT2D eigenvalue weighted by Gasteiger charge is -2.13. The Labute approximate surface area is 142 Å². The first kappa shape index (κ1) is 16.6. The molecule has 0 aliphatic rings. The summed E-state index contributed by atoms with van der Waals surface area (Å²) in [5.41, 5.74) is 9.00. The van der Waals surface area contributed by atoms with Crippen LogP contribution in [0.25, 0.3) is 21.9 Å². The highest BCUT2D eigenvalue weighted by Crippen LogP contribution is 2.31. The van der Waals surface area contributed by atoms with E-state index in [2.05, 4.69) is 36.4 Å². The second-order valence-corrected chi connectivity index (χ2v) is 6.71.